The highest BCUT2D eigenvalue weighted by Crippen LogP contribution is 2.21. The van der Waals surface area contributed by atoms with E-state index in [0.717, 1.165) is 5.39 Å². The number of nitrogens with one attached hydrogen (secondary N) is 2. The van der Waals surface area contributed by atoms with Gasteiger partial charge in [0.2, 0.25) is 5.91 Å². The van der Waals surface area contributed by atoms with E-state index in [-0.39, 0.29) is 30.4 Å². The monoisotopic (exact) mass is 395 g/mol. The number of hydrogen-bond acceptors (Lipinski definition) is 4. The zero-order chi connectivity index (χ0) is 21.1. The van der Waals surface area contributed by atoms with Crippen molar-refractivity contribution in [2.45, 2.75) is 39.3 Å². The Morgan fingerprint density at radius 2 is 2.07 bits per heavy atom. The van der Waals surface area contributed by atoms with Crippen molar-refractivity contribution in [2.24, 2.45) is 5.92 Å². The van der Waals surface area contributed by atoms with Crippen molar-refractivity contribution in [1.82, 2.24) is 20.1 Å². The Morgan fingerprint density at radius 3 is 2.76 bits per heavy atom. The molecule has 3 rings (SSSR count). The fraction of sp³-hybridized carbons (Fsp3) is 0.429. The van der Waals surface area contributed by atoms with Crippen LogP contribution in [0, 0.1) is 17.2 Å². The fourth-order valence-corrected chi connectivity index (χ4v) is 3.50. The molecule has 0 saturated carbocycles. The largest absolute Gasteiger partial charge is 0.340 e. The Kier molecular flexibility index (Phi) is 5.87. The van der Waals surface area contributed by atoms with Gasteiger partial charge in [0.15, 0.2) is 0 Å². The third-order valence-electron chi connectivity index (χ3n) is 5.07. The van der Waals surface area contributed by atoms with E-state index >= 15 is 0 Å². The van der Waals surface area contributed by atoms with Crippen LogP contribution in [-0.4, -0.2) is 52.5 Å². The molecule has 1 aromatic carbocycles. The Labute approximate surface area is 169 Å². The van der Waals surface area contributed by atoms with Crippen molar-refractivity contribution < 1.29 is 14.4 Å². The Hall–Kier alpha value is -3.34. The third-order valence-corrected chi connectivity index (χ3v) is 5.07. The lowest BCUT2D eigenvalue weighted by Gasteiger charge is -2.17. The van der Waals surface area contributed by atoms with Crippen LogP contribution in [0.2, 0.25) is 0 Å². The molecule has 1 saturated heterocycles. The predicted molar refractivity (Wildman–Crippen MR) is 108 cm³/mol. The number of aromatic nitrogens is 1. The number of carbonyl (C=O) groups excluding carboxylic acids is 3. The van der Waals surface area contributed by atoms with Gasteiger partial charge in [-0.3, -0.25) is 14.2 Å². The Bertz CT molecular complexity index is 988. The van der Waals surface area contributed by atoms with Gasteiger partial charge in [-0.2, -0.15) is 5.26 Å². The molecule has 0 spiro atoms. The summed E-state index contributed by atoms with van der Waals surface area (Å²) in [5, 5.41) is 15.2. The van der Waals surface area contributed by atoms with Gasteiger partial charge in [0.25, 0.3) is 5.91 Å². The number of carbonyl (C=O) groups is 3. The molecule has 1 aliphatic heterocycles. The summed E-state index contributed by atoms with van der Waals surface area (Å²) in [5.41, 5.74) is 1.12. The van der Waals surface area contributed by atoms with Gasteiger partial charge < -0.3 is 15.5 Å². The van der Waals surface area contributed by atoms with E-state index in [1.165, 1.54) is 9.47 Å². The third kappa shape index (κ3) is 4.24. The molecule has 8 nitrogen and oxygen atoms in total. The van der Waals surface area contributed by atoms with Crippen LogP contribution in [0.15, 0.2) is 30.5 Å². The molecule has 2 aromatic rings. The first-order valence-corrected chi connectivity index (χ1v) is 9.69. The van der Waals surface area contributed by atoms with E-state index in [9.17, 15) is 14.4 Å². The maximum absolute atomic E-state index is 12.6. The van der Waals surface area contributed by atoms with Crippen LogP contribution in [0.5, 0.6) is 0 Å². The lowest BCUT2D eigenvalue weighted by molar-refractivity contribution is -0.129. The molecule has 2 atom stereocenters. The fourth-order valence-electron chi connectivity index (χ4n) is 3.50. The quantitative estimate of drug-likeness (QED) is 0.756. The lowest BCUT2D eigenvalue weighted by atomic mass is 10.1. The van der Waals surface area contributed by atoms with Gasteiger partial charge in [-0.05, 0) is 43.5 Å². The number of rotatable bonds is 5. The second-order valence-corrected chi connectivity index (χ2v) is 7.77. The van der Waals surface area contributed by atoms with Crippen molar-refractivity contribution >= 4 is 28.7 Å². The number of likely N-dealkylation sites (tertiary alicyclic amines) is 1. The van der Waals surface area contributed by atoms with Crippen LogP contribution in [0.25, 0.3) is 10.9 Å². The first kappa shape index (κ1) is 20.4. The summed E-state index contributed by atoms with van der Waals surface area (Å²) < 4.78 is 1.52. The minimum absolute atomic E-state index is 0.0186. The second-order valence-electron chi connectivity index (χ2n) is 7.77. The summed E-state index contributed by atoms with van der Waals surface area (Å²) in [5.74, 6) is -0.240. The second kappa shape index (κ2) is 8.35. The summed E-state index contributed by atoms with van der Waals surface area (Å²) in [4.78, 5) is 38.8. The molecule has 0 bridgehead atoms. The van der Waals surface area contributed by atoms with Crippen LogP contribution in [0.4, 0.5) is 4.79 Å². The molecule has 3 amide bonds. The average molecular weight is 395 g/mol. The number of nitriles is 1. The van der Waals surface area contributed by atoms with Gasteiger partial charge >= 0.3 is 6.03 Å². The smallest absolute Gasteiger partial charge is 0.326 e. The van der Waals surface area contributed by atoms with Crippen LogP contribution in [-0.2, 0) is 4.79 Å². The number of fused-ring (bicyclic) bond motifs is 1. The van der Waals surface area contributed by atoms with E-state index in [1.54, 1.807) is 30.5 Å². The molecule has 0 aliphatic carbocycles. The average Bonchev–Trinajstić information content (AvgIpc) is 3.22. The summed E-state index contributed by atoms with van der Waals surface area (Å²) >= 11 is 0. The lowest BCUT2D eigenvalue weighted by Crippen LogP contribution is -2.41. The zero-order valence-electron chi connectivity index (χ0n) is 16.8. The van der Waals surface area contributed by atoms with Crippen molar-refractivity contribution in [2.75, 3.05) is 13.1 Å². The molecule has 1 aromatic heterocycles. The van der Waals surface area contributed by atoms with Crippen molar-refractivity contribution in [1.29, 1.82) is 5.26 Å². The predicted octanol–water partition coefficient (Wildman–Crippen LogP) is 2.10. The van der Waals surface area contributed by atoms with Gasteiger partial charge in [-0.1, -0.05) is 13.8 Å². The standard InChI is InChI=1S/C21H25N5O3/c1-13(2)12-23-21(29)26-8-6-15-11-16(4-5-18(15)26)19(27)24-17-10-14(3)25(9-7-22)20(17)28/h4-6,8,11,13-14,17H,9-10,12H2,1-3H3,(H,23,29)(H,24,27). The molecular formula is C21H25N5O3. The highest BCUT2D eigenvalue weighted by Gasteiger charge is 2.37. The minimum Gasteiger partial charge on any atom is -0.340 e. The van der Waals surface area contributed by atoms with Crippen LogP contribution >= 0.6 is 0 Å². The van der Waals surface area contributed by atoms with E-state index in [0.29, 0.717) is 30.0 Å². The van der Waals surface area contributed by atoms with Gasteiger partial charge in [0.1, 0.15) is 12.6 Å². The number of amides is 3. The van der Waals surface area contributed by atoms with Gasteiger partial charge in [-0.15, -0.1) is 0 Å². The molecule has 1 fully saturated rings. The van der Waals surface area contributed by atoms with Crippen LogP contribution < -0.4 is 10.6 Å². The van der Waals surface area contributed by atoms with Crippen molar-refractivity contribution in [3.63, 3.8) is 0 Å². The number of benzene rings is 1. The zero-order valence-corrected chi connectivity index (χ0v) is 16.8. The van der Waals surface area contributed by atoms with Crippen LogP contribution in [0.1, 0.15) is 37.6 Å². The molecule has 2 unspecified atom stereocenters. The molecule has 29 heavy (non-hydrogen) atoms. The molecule has 152 valence electrons. The highest BCUT2D eigenvalue weighted by molar-refractivity contribution is 6.02. The highest BCUT2D eigenvalue weighted by atomic mass is 16.2. The van der Waals surface area contributed by atoms with E-state index < -0.39 is 6.04 Å². The van der Waals surface area contributed by atoms with Gasteiger partial charge in [-0.25, -0.2) is 4.79 Å². The molecule has 2 N–H and O–H groups in total. The Balaban J connectivity index is 1.72. The van der Waals surface area contributed by atoms with Gasteiger partial charge in [0, 0.05) is 29.7 Å². The van der Waals surface area contributed by atoms with E-state index in [1.807, 2.05) is 26.8 Å². The van der Waals surface area contributed by atoms with E-state index in [4.69, 9.17) is 5.26 Å². The first-order chi connectivity index (χ1) is 13.8. The molecular weight excluding hydrogens is 370 g/mol. The van der Waals surface area contributed by atoms with Gasteiger partial charge in [0.05, 0.1) is 11.6 Å². The number of nitrogens with zero attached hydrogens (tertiary/aromatic N) is 3. The van der Waals surface area contributed by atoms with Crippen LogP contribution in [0.3, 0.4) is 0 Å². The maximum atomic E-state index is 12.6. The first-order valence-electron chi connectivity index (χ1n) is 9.69. The Morgan fingerprint density at radius 1 is 1.31 bits per heavy atom. The maximum Gasteiger partial charge on any atom is 0.326 e. The molecule has 1 aliphatic rings. The SMILES string of the molecule is CC(C)CNC(=O)n1ccc2cc(C(=O)NC3CC(C)N(CC#N)C3=O)ccc21. The van der Waals surface area contributed by atoms with Crippen molar-refractivity contribution in [3.05, 3.63) is 36.0 Å². The molecule has 0 radical (unpaired) electrons. The minimum atomic E-state index is -0.632. The molecule has 8 heteroatoms. The summed E-state index contributed by atoms with van der Waals surface area (Å²) in [7, 11) is 0. The van der Waals surface area contributed by atoms with Crippen molar-refractivity contribution in [3.8, 4) is 6.07 Å². The summed E-state index contributed by atoms with van der Waals surface area (Å²) in [6, 6.07) is 7.88. The normalized spacial score (nSPS) is 18.9. The number of hydrogen-bond donors (Lipinski definition) is 2. The molecule has 2 heterocycles. The van der Waals surface area contributed by atoms with E-state index in [2.05, 4.69) is 10.6 Å². The summed E-state index contributed by atoms with van der Waals surface area (Å²) in [6.45, 7) is 6.50. The summed E-state index contributed by atoms with van der Waals surface area (Å²) in [6.07, 6.45) is 2.14. The topological polar surface area (TPSA) is 107 Å².